The van der Waals surface area contributed by atoms with Gasteiger partial charge in [0.15, 0.2) is 5.82 Å². The minimum Gasteiger partial charge on any atom is -0.494 e. The number of benzene rings is 2. The fourth-order valence-electron chi connectivity index (χ4n) is 3.07. The summed E-state index contributed by atoms with van der Waals surface area (Å²) in [5.74, 6) is 0.415. The van der Waals surface area contributed by atoms with E-state index in [-0.39, 0.29) is 17.2 Å². The van der Waals surface area contributed by atoms with Crippen LogP contribution in [-0.4, -0.2) is 39.5 Å². The zero-order valence-electron chi connectivity index (χ0n) is 18.4. The van der Waals surface area contributed by atoms with Gasteiger partial charge in [0, 0.05) is 25.0 Å². The first-order valence-electron chi connectivity index (χ1n) is 10.4. The lowest BCUT2D eigenvalue weighted by molar-refractivity contribution is 0.102. The van der Waals surface area contributed by atoms with Crippen molar-refractivity contribution in [3.05, 3.63) is 78.5 Å². The van der Waals surface area contributed by atoms with Crippen LogP contribution >= 0.6 is 0 Å². The van der Waals surface area contributed by atoms with Crippen molar-refractivity contribution in [2.24, 2.45) is 0 Å². The number of halogens is 1. The fourth-order valence-corrected chi connectivity index (χ4v) is 3.07. The Hall–Kier alpha value is -4.60. The Morgan fingerprint density at radius 2 is 1.91 bits per heavy atom. The number of hydrogen-bond donors (Lipinski definition) is 2. The van der Waals surface area contributed by atoms with Gasteiger partial charge in [-0.3, -0.25) is 4.79 Å². The maximum absolute atomic E-state index is 14.5. The SMILES string of the molecule is CCOc1cccc(NC(=O)c2cc(Oc3ncccc3-c3ncnc(NC)n3)ccc2F)c1. The topological polar surface area (TPSA) is 111 Å². The van der Waals surface area contributed by atoms with Crippen molar-refractivity contribution in [1.82, 2.24) is 19.9 Å². The molecule has 0 aliphatic heterocycles. The lowest BCUT2D eigenvalue weighted by atomic mass is 10.1. The van der Waals surface area contributed by atoms with Gasteiger partial charge in [-0.05, 0) is 49.4 Å². The van der Waals surface area contributed by atoms with Crippen LogP contribution in [-0.2, 0) is 0 Å². The number of hydrogen-bond acceptors (Lipinski definition) is 8. The fraction of sp³-hybridized carbons (Fsp3) is 0.125. The molecule has 2 aromatic carbocycles. The van der Waals surface area contributed by atoms with Crippen LogP contribution in [0.2, 0.25) is 0 Å². The first kappa shape index (κ1) is 22.6. The van der Waals surface area contributed by atoms with Crippen molar-refractivity contribution < 1.29 is 18.7 Å². The zero-order valence-corrected chi connectivity index (χ0v) is 18.4. The summed E-state index contributed by atoms with van der Waals surface area (Å²) in [6, 6.07) is 14.2. The summed E-state index contributed by atoms with van der Waals surface area (Å²) < 4.78 is 25.8. The Bertz CT molecular complexity index is 1320. The highest BCUT2D eigenvalue weighted by atomic mass is 19.1. The van der Waals surface area contributed by atoms with E-state index >= 15 is 0 Å². The van der Waals surface area contributed by atoms with E-state index in [0.29, 0.717) is 35.4 Å². The van der Waals surface area contributed by atoms with Crippen LogP contribution < -0.4 is 20.1 Å². The number of amides is 1. The number of rotatable bonds is 8. The number of carbonyl (C=O) groups is 1. The smallest absolute Gasteiger partial charge is 0.258 e. The number of nitrogens with zero attached hydrogens (tertiary/aromatic N) is 4. The molecule has 2 N–H and O–H groups in total. The van der Waals surface area contributed by atoms with Gasteiger partial charge in [0.25, 0.3) is 5.91 Å². The molecule has 0 aliphatic carbocycles. The largest absolute Gasteiger partial charge is 0.494 e. The Morgan fingerprint density at radius 3 is 2.74 bits per heavy atom. The molecule has 0 fully saturated rings. The number of carbonyl (C=O) groups excluding carboxylic acids is 1. The third kappa shape index (κ3) is 5.23. The van der Waals surface area contributed by atoms with Gasteiger partial charge in [0.2, 0.25) is 11.8 Å². The molecular weight excluding hydrogens is 439 g/mol. The molecule has 0 spiro atoms. The molecule has 0 unspecified atom stereocenters. The van der Waals surface area contributed by atoms with E-state index < -0.39 is 11.7 Å². The van der Waals surface area contributed by atoms with E-state index in [2.05, 4.69) is 30.6 Å². The normalized spacial score (nSPS) is 10.4. The first-order valence-corrected chi connectivity index (χ1v) is 10.4. The van der Waals surface area contributed by atoms with Crippen molar-refractivity contribution in [2.45, 2.75) is 6.92 Å². The molecule has 0 saturated carbocycles. The van der Waals surface area contributed by atoms with Gasteiger partial charge in [-0.15, -0.1) is 0 Å². The van der Waals surface area contributed by atoms with Gasteiger partial charge in [0.05, 0.1) is 17.7 Å². The van der Waals surface area contributed by atoms with Crippen LogP contribution in [0, 0.1) is 5.82 Å². The molecule has 2 aromatic heterocycles. The van der Waals surface area contributed by atoms with Gasteiger partial charge < -0.3 is 20.1 Å². The molecule has 0 atom stereocenters. The summed E-state index contributed by atoms with van der Waals surface area (Å²) >= 11 is 0. The second-order valence-electron chi connectivity index (χ2n) is 6.90. The van der Waals surface area contributed by atoms with Crippen LogP contribution in [0.15, 0.2) is 67.1 Å². The quantitative estimate of drug-likeness (QED) is 0.394. The zero-order chi connectivity index (χ0) is 23.9. The van der Waals surface area contributed by atoms with Crippen LogP contribution in [0.3, 0.4) is 0 Å². The molecule has 0 bridgehead atoms. The lowest BCUT2D eigenvalue weighted by Crippen LogP contribution is -2.14. The third-order valence-corrected chi connectivity index (χ3v) is 4.61. The van der Waals surface area contributed by atoms with E-state index in [0.717, 1.165) is 6.07 Å². The van der Waals surface area contributed by atoms with E-state index in [1.165, 1.54) is 18.5 Å². The number of pyridine rings is 1. The number of anilines is 2. The van der Waals surface area contributed by atoms with Crippen LogP contribution in [0.25, 0.3) is 11.4 Å². The highest BCUT2D eigenvalue weighted by molar-refractivity contribution is 6.04. The predicted molar refractivity (Wildman–Crippen MR) is 125 cm³/mol. The van der Waals surface area contributed by atoms with Gasteiger partial charge in [-0.25, -0.2) is 19.3 Å². The second-order valence-corrected chi connectivity index (χ2v) is 6.90. The van der Waals surface area contributed by atoms with E-state index in [1.54, 1.807) is 49.6 Å². The average molecular weight is 460 g/mol. The van der Waals surface area contributed by atoms with Crippen molar-refractivity contribution in [3.63, 3.8) is 0 Å². The molecule has 0 aliphatic rings. The van der Waals surface area contributed by atoms with Crippen molar-refractivity contribution >= 4 is 17.5 Å². The summed E-state index contributed by atoms with van der Waals surface area (Å²) in [6.07, 6.45) is 2.91. The maximum atomic E-state index is 14.5. The Kier molecular flexibility index (Phi) is 6.87. The van der Waals surface area contributed by atoms with E-state index in [9.17, 15) is 9.18 Å². The van der Waals surface area contributed by atoms with Crippen LogP contribution in [0.4, 0.5) is 16.0 Å². The van der Waals surface area contributed by atoms with Crippen molar-refractivity contribution in [3.8, 4) is 28.8 Å². The van der Waals surface area contributed by atoms with Gasteiger partial charge in [0.1, 0.15) is 23.6 Å². The van der Waals surface area contributed by atoms with Gasteiger partial charge >= 0.3 is 0 Å². The molecule has 9 nitrogen and oxygen atoms in total. The lowest BCUT2D eigenvalue weighted by Gasteiger charge is -2.12. The first-order chi connectivity index (χ1) is 16.6. The van der Waals surface area contributed by atoms with Gasteiger partial charge in [-0.2, -0.15) is 4.98 Å². The van der Waals surface area contributed by atoms with Crippen LogP contribution in [0.5, 0.6) is 17.4 Å². The third-order valence-electron chi connectivity index (χ3n) is 4.61. The Balaban J connectivity index is 1.59. The minimum atomic E-state index is -0.691. The molecule has 4 rings (SSSR count). The standard InChI is InChI=1S/C24H21FN6O3/c1-3-33-16-7-4-6-15(12-16)30-22(32)19-13-17(9-10-20(19)25)34-23-18(8-5-11-27-23)21-28-14-29-24(26-2)31-21/h4-14H,3H2,1-2H3,(H,30,32)(H,26,28,29,31). The molecule has 4 aromatic rings. The minimum absolute atomic E-state index is 0.186. The van der Waals surface area contributed by atoms with E-state index in [4.69, 9.17) is 9.47 Å². The number of aromatic nitrogens is 4. The summed E-state index contributed by atoms with van der Waals surface area (Å²) in [7, 11) is 1.69. The molecule has 0 saturated heterocycles. The summed E-state index contributed by atoms with van der Waals surface area (Å²) in [4.78, 5) is 29.5. The summed E-state index contributed by atoms with van der Waals surface area (Å²) in [5.41, 5.74) is 0.794. The maximum Gasteiger partial charge on any atom is 0.258 e. The Morgan fingerprint density at radius 1 is 1.03 bits per heavy atom. The number of ether oxygens (including phenoxy) is 2. The average Bonchev–Trinajstić information content (AvgIpc) is 2.86. The molecule has 2 heterocycles. The van der Waals surface area contributed by atoms with Gasteiger partial charge in [-0.1, -0.05) is 6.07 Å². The number of nitrogens with one attached hydrogen (secondary N) is 2. The molecule has 34 heavy (non-hydrogen) atoms. The van der Waals surface area contributed by atoms with E-state index in [1.807, 2.05) is 6.92 Å². The highest BCUT2D eigenvalue weighted by Gasteiger charge is 2.17. The monoisotopic (exact) mass is 460 g/mol. The summed E-state index contributed by atoms with van der Waals surface area (Å²) in [5, 5.41) is 5.52. The Labute approximate surface area is 195 Å². The second kappa shape index (κ2) is 10.3. The highest BCUT2D eigenvalue weighted by Crippen LogP contribution is 2.30. The molecular formula is C24H21FN6O3. The molecule has 172 valence electrons. The molecule has 0 radical (unpaired) electrons. The van der Waals surface area contributed by atoms with Crippen LogP contribution in [0.1, 0.15) is 17.3 Å². The predicted octanol–water partition coefficient (Wildman–Crippen LogP) is 4.56. The van der Waals surface area contributed by atoms with Crippen molar-refractivity contribution in [2.75, 3.05) is 24.3 Å². The molecule has 1 amide bonds. The van der Waals surface area contributed by atoms with Crippen molar-refractivity contribution in [1.29, 1.82) is 0 Å². The molecule has 10 heteroatoms. The summed E-state index contributed by atoms with van der Waals surface area (Å²) in [6.45, 7) is 2.35.